The number of nitrogens with zero attached hydrogens (tertiary/aromatic N) is 1. The summed E-state index contributed by atoms with van der Waals surface area (Å²) in [6.45, 7) is 2.10. The molecule has 0 aliphatic rings. The van der Waals surface area contributed by atoms with E-state index in [1.165, 1.54) is 5.69 Å². The van der Waals surface area contributed by atoms with Crippen molar-refractivity contribution in [2.45, 2.75) is 0 Å². The fourth-order valence-electron chi connectivity index (χ4n) is 0.789. The molecule has 1 N–H and O–H groups in total. The van der Waals surface area contributed by atoms with E-state index in [-0.39, 0.29) is 0 Å². The van der Waals surface area contributed by atoms with Crippen LogP contribution in [-0.4, -0.2) is 32.1 Å². The molecule has 0 aromatic carbocycles. The minimum Gasteiger partial charge on any atom is -0.383 e. The molecule has 0 spiro atoms. The van der Waals surface area contributed by atoms with Crippen molar-refractivity contribution in [3.63, 3.8) is 0 Å². The lowest BCUT2D eigenvalue weighted by atomic mass is 10.5. The highest BCUT2D eigenvalue weighted by Gasteiger charge is 1.91. The molecule has 1 aromatic heterocycles. The van der Waals surface area contributed by atoms with E-state index in [2.05, 4.69) is 41.1 Å². The van der Waals surface area contributed by atoms with Crippen molar-refractivity contribution in [1.29, 1.82) is 0 Å². The zero-order valence-electron chi connectivity index (χ0n) is 7.00. The minimum absolute atomic E-state index is 1.02. The number of nitrogens with one attached hydrogen (secondary N) is 1. The van der Waals surface area contributed by atoms with E-state index in [1.807, 2.05) is 0 Å². The first-order chi connectivity index (χ1) is 5.29. The molecule has 1 aromatic rings. The van der Waals surface area contributed by atoms with Crippen LogP contribution in [0, 0.1) is 0 Å². The van der Waals surface area contributed by atoms with Gasteiger partial charge in [0.05, 0.1) is 0 Å². The Kier molecular flexibility index (Phi) is 3.39. The fraction of sp³-hybridized carbons (Fsp3) is 0.500. The Labute approximate surface area is 71.8 Å². The summed E-state index contributed by atoms with van der Waals surface area (Å²) in [6, 6.07) is 2.10. The van der Waals surface area contributed by atoms with E-state index >= 15 is 0 Å². The molecule has 0 saturated carbocycles. The maximum atomic E-state index is 3.32. The predicted octanol–water partition coefficient (Wildman–Crippen LogP) is 1.72. The van der Waals surface area contributed by atoms with Gasteiger partial charge < -0.3 is 10.2 Å². The molecule has 0 bridgehead atoms. The van der Waals surface area contributed by atoms with Crippen LogP contribution in [0.1, 0.15) is 0 Å². The summed E-state index contributed by atoms with van der Waals surface area (Å²) < 4.78 is 0. The predicted molar refractivity (Wildman–Crippen MR) is 51.4 cm³/mol. The Hall–Kier alpha value is -0.540. The van der Waals surface area contributed by atoms with Crippen molar-refractivity contribution in [1.82, 2.24) is 4.90 Å². The van der Waals surface area contributed by atoms with Crippen LogP contribution in [0.3, 0.4) is 0 Å². The molecule has 62 valence electrons. The van der Waals surface area contributed by atoms with Gasteiger partial charge >= 0.3 is 0 Å². The summed E-state index contributed by atoms with van der Waals surface area (Å²) in [4.78, 5) is 2.17. The van der Waals surface area contributed by atoms with Crippen LogP contribution in [0.25, 0.3) is 0 Å². The highest BCUT2D eigenvalue weighted by molar-refractivity contribution is 7.08. The summed E-state index contributed by atoms with van der Waals surface area (Å²) in [6.07, 6.45) is 0. The smallest absolute Gasteiger partial charge is 0.0449 e. The van der Waals surface area contributed by atoms with Crippen LogP contribution >= 0.6 is 11.3 Å². The third-order valence-corrected chi connectivity index (χ3v) is 2.09. The molecule has 0 amide bonds. The van der Waals surface area contributed by atoms with E-state index in [9.17, 15) is 0 Å². The molecule has 0 fully saturated rings. The first kappa shape index (κ1) is 8.56. The van der Waals surface area contributed by atoms with Crippen molar-refractivity contribution < 1.29 is 0 Å². The van der Waals surface area contributed by atoms with Crippen LogP contribution in [0.4, 0.5) is 5.69 Å². The van der Waals surface area contributed by atoms with Gasteiger partial charge in [-0.3, -0.25) is 0 Å². The van der Waals surface area contributed by atoms with Gasteiger partial charge in [-0.15, -0.1) is 0 Å². The number of rotatable bonds is 4. The summed E-state index contributed by atoms with van der Waals surface area (Å²) in [5, 5.41) is 7.53. The molecule has 0 atom stereocenters. The molecular weight excluding hydrogens is 156 g/mol. The van der Waals surface area contributed by atoms with Gasteiger partial charge in [0.1, 0.15) is 0 Å². The van der Waals surface area contributed by atoms with Crippen LogP contribution in [-0.2, 0) is 0 Å². The monoisotopic (exact) mass is 170 g/mol. The van der Waals surface area contributed by atoms with E-state index in [0.717, 1.165) is 13.1 Å². The lowest BCUT2D eigenvalue weighted by Crippen LogP contribution is -2.20. The molecule has 1 rings (SSSR count). The van der Waals surface area contributed by atoms with Crippen molar-refractivity contribution in [2.75, 3.05) is 32.5 Å². The number of anilines is 1. The molecule has 0 aliphatic heterocycles. The Morgan fingerprint density at radius 2 is 2.36 bits per heavy atom. The number of likely N-dealkylation sites (N-methyl/N-ethyl adjacent to an activating group) is 1. The van der Waals surface area contributed by atoms with Crippen molar-refractivity contribution >= 4 is 17.0 Å². The Morgan fingerprint density at radius 1 is 1.55 bits per heavy atom. The van der Waals surface area contributed by atoms with E-state index in [0.29, 0.717) is 0 Å². The Balaban J connectivity index is 2.14. The van der Waals surface area contributed by atoms with Gasteiger partial charge in [-0.1, -0.05) is 0 Å². The molecule has 0 radical (unpaired) electrons. The topological polar surface area (TPSA) is 15.3 Å². The van der Waals surface area contributed by atoms with E-state index in [4.69, 9.17) is 0 Å². The van der Waals surface area contributed by atoms with Crippen LogP contribution in [0.2, 0.25) is 0 Å². The summed E-state index contributed by atoms with van der Waals surface area (Å²) >= 11 is 1.72. The average Bonchev–Trinajstić information content (AvgIpc) is 2.39. The molecule has 0 unspecified atom stereocenters. The second-order valence-electron chi connectivity index (χ2n) is 2.74. The lowest BCUT2D eigenvalue weighted by Gasteiger charge is -2.09. The fourth-order valence-corrected chi connectivity index (χ4v) is 1.40. The van der Waals surface area contributed by atoms with Crippen LogP contribution < -0.4 is 5.32 Å². The van der Waals surface area contributed by atoms with Crippen molar-refractivity contribution in [3.05, 3.63) is 16.8 Å². The summed E-state index contributed by atoms with van der Waals surface area (Å²) in [7, 11) is 4.16. The van der Waals surface area contributed by atoms with Gasteiger partial charge in [0.2, 0.25) is 0 Å². The summed E-state index contributed by atoms with van der Waals surface area (Å²) in [5.74, 6) is 0. The first-order valence-electron chi connectivity index (χ1n) is 3.70. The minimum atomic E-state index is 1.02. The SMILES string of the molecule is CN(C)CCNc1ccsc1. The molecule has 0 saturated heterocycles. The second-order valence-corrected chi connectivity index (χ2v) is 3.52. The van der Waals surface area contributed by atoms with Crippen LogP contribution in [0.15, 0.2) is 16.8 Å². The van der Waals surface area contributed by atoms with Gasteiger partial charge in [-0.2, -0.15) is 11.3 Å². The molecule has 0 aliphatic carbocycles. The zero-order valence-corrected chi connectivity index (χ0v) is 7.82. The highest BCUT2D eigenvalue weighted by Crippen LogP contribution is 2.10. The van der Waals surface area contributed by atoms with Gasteiger partial charge in [-0.25, -0.2) is 0 Å². The number of hydrogen-bond acceptors (Lipinski definition) is 3. The average molecular weight is 170 g/mol. The quantitative estimate of drug-likeness (QED) is 0.740. The van der Waals surface area contributed by atoms with Crippen molar-refractivity contribution in [3.8, 4) is 0 Å². The van der Waals surface area contributed by atoms with Crippen LogP contribution in [0.5, 0.6) is 0 Å². The van der Waals surface area contributed by atoms with E-state index in [1.54, 1.807) is 11.3 Å². The maximum Gasteiger partial charge on any atom is 0.0449 e. The Bertz CT molecular complexity index is 182. The number of hydrogen-bond donors (Lipinski definition) is 1. The molecule has 1 heterocycles. The van der Waals surface area contributed by atoms with Gasteiger partial charge in [-0.05, 0) is 25.5 Å². The molecule has 11 heavy (non-hydrogen) atoms. The largest absolute Gasteiger partial charge is 0.383 e. The normalized spacial score (nSPS) is 10.5. The van der Waals surface area contributed by atoms with Crippen molar-refractivity contribution in [2.24, 2.45) is 0 Å². The van der Waals surface area contributed by atoms with Gasteiger partial charge in [0, 0.05) is 24.2 Å². The zero-order chi connectivity index (χ0) is 8.10. The second kappa shape index (κ2) is 4.36. The first-order valence-corrected chi connectivity index (χ1v) is 4.64. The highest BCUT2D eigenvalue weighted by atomic mass is 32.1. The van der Waals surface area contributed by atoms with Gasteiger partial charge in [0.25, 0.3) is 0 Å². The molecule has 2 nitrogen and oxygen atoms in total. The lowest BCUT2D eigenvalue weighted by molar-refractivity contribution is 0.425. The standard InChI is InChI=1S/C8H14N2S/c1-10(2)5-4-9-8-3-6-11-7-8/h3,6-7,9H,4-5H2,1-2H3. The third kappa shape index (κ3) is 3.39. The maximum absolute atomic E-state index is 3.32. The third-order valence-electron chi connectivity index (χ3n) is 1.41. The number of thiophene rings is 1. The molecule has 3 heteroatoms. The summed E-state index contributed by atoms with van der Waals surface area (Å²) in [5.41, 5.74) is 1.23. The molecular formula is C8H14N2S. The van der Waals surface area contributed by atoms with Gasteiger partial charge in [0.15, 0.2) is 0 Å². The van der Waals surface area contributed by atoms with E-state index < -0.39 is 0 Å². The Morgan fingerprint density at radius 3 is 2.91 bits per heavy atom.